The predicted molar refractivity (Wildman–Crippen MR) is 71.6 cm³/mol. The highest BCUT2D eigenvalue weighted by Gasteiger charge is 2.32. The Morgan fingerprint density at radius 3 is 2.72 bits per heavy atom. The van der Waals surface area contributed by atoms with Crippen molar-refractivity contribution in [3.8, 4) is 0 Å². The molecule has 104 valence electrons. The largest absolute Gasteiger partial charge is 0.480 e. The summed E-state index contributed by atoms with van der Waals surface area (Å²) in [6.45, 7) is 5.53. The van der Waals surface area contributed by atoms with E-state index in [1.54, 1.807) is 0 Å². The van der Waals surface area contributed by atoms with Crippen LogP contribution in [0.4, 0.5) is 0 Å². The maximum absolute atomic E-state index is 11.2. The van der Waals surface area contributed by atoms with E-state index in [1.165, 1.54) is 32.1 Å². The van der Waals surface area contributed by atoms with Crippen molar-refractivity contribution in [2.24, 2.45) is 11.8 Å². The first kappa shape index (κ1) is 13.8. The minimum Gasteiger partial charge on any atom is -0.480 e. The van der Waals surface area contributed by atoms with Crippen LogP contribution >= 0.6 is 0 Å². The molecule has 1 saturated carbocycles. The lowest BCUT2D eigenvalue weighted by Gasteiger charge is -2.42. The standard InChI is InChI=1S/C14H26N2O2/c1-2-15-13(14(17)18)10-16-8-7-11-5-3-4-6-12(11)9-16/h11-13,15H,2-10H2,1H3,(H,17,18). The van der Waals surface area contributed by atoms with Gasteiger partial charge in [-0.3, -0.25) is 4.79 Å². The van der Waals surface area contributed by atoms with Crippen molar-refractivity contribution in [2.45, 2.75) is 45.1 Å². The summed E-state index contributed by atoms with van der Waals surface area (Å²) in [5.74, 6) is 1.02. The van der Waals surface area contributed by atoms with Crippen molar-refractivity contribution < 1.29 is 9.90 Å². The lowest BCUT2D eigenvalue weighted by atomic mass is 9.75. The third kappa shape index (κ3) is 3.45. The van der Waals surface area contributed by atoms with E-state index in [1.807, 2.05) is 6.92 Å². The van der Waals surface area contributed by atoms with E-state index >= 15 is 0 Å². The van der Waals surface area contributed by atoms with Gasteiger partial charge >= 0.3 is 5.97 Å². The number of hydrogen-bond acceptors (Lipinski definition) is 3. The number of likely N-dealkylation sites (N-methyl/N-ethyl adjacent to an activating group) is 1. The molecule has 2 rings (SSSR count). The molecule has 0 radical (unpaired) electrons. The lowest BCUT2D eigenvalue weighted by molar-refractivity contribution is -0.140. The van der Waals surface area contributed by atoms with Gasteiger partial charge in [0.05, 0.1) is 0 Å². The van der Waals surface area contributed by atoms with E-state index in [0.717, 1.165) is 31.5 Å². The summed E-state index contributed by atoms with van der Waals surface area (Å²) in [5.41, 5.74) is 0. The number of likely N-dealkylation sites (tertiary alicyclic amines) is 1. The highest BCUT2D eigenvalue weighted by atomic mass is 16.4. The second-order valence-electron chi connectivity index (χ2n) is 5.80. The van der Waals surface area contributed by atoms with Crippen molar-refractivity contribution in [1.29, 1.82) is 0 Å². The normalized spacial score (nSPS) is 30.7. The van der Waals surface area contributed by atoms with Crippen LogP contribution in [0.1, 0.15) is 39.0 Å². The average Bonchev–Trinajstić information content (AvgIpc) is 2.38. The van der Waals surface area contributed by atoms with Gasteiger partial charge in [-0.05, 0) is 37.8 Å². The number of carboxylic acid groups (broad SMARTS) is 1. The maximum Gasteiger partial charge on any atom is 0.322 e. The molecule has 4 nitrogen and oxygen atoms in total. The number of nitrogens with zero attached hydrogens (tertiary/aromatic N) is 1. The molecular weight excluding hydrogens is 228 g/mol. The van der Waals surface area contributed by atoms with Crippen LogP contribution in [-0.2, 0) is 4.79 Å². The van der Waals surface area contributed by atoms with E-state index in [2.05, 4.69) is 10.2 Å². The first-order chi connectivity index (χ1) is 8.70. The number of nitrogens with one attached hydrogen (secondary N) is 1. The predicted octanol–water partition coefficient (Wildman–Crippen LogP) is 1.56. The summed E-state index contributed by atoms with van der Waals surface area (Å²) in [7, 11) is 0. The Bertz CT molecular complexity index is 283. The molecule has 2 fully saturated rings. The zero-order valence-corrected chi connectivity index (χ0v) is 11.4. The molecule has 2 N–H and O–H groups in total. The SMILES string of the molecule is CCNC(CN1CCC2CCCCC2C1)C(=O)O. The summed E-state index contributed by atoms with van der Waals surface area (Å²) < 4.78 is 0. The first-order valence-electron chi connectivity index (χ1n) is 7.39. The first-order valence-corrected chi connectivity index (χ1v) is 7.39. The second kappa shape index (κ2) is 6.53. The van der Waals surface area contributed by atoms with Crippen LogP contribution in [0.5, 0.6) is 0 Å². The fraction of sp³-hybridized carbons (Fsp3) is 0.929. The molecule has 18 heavy (non-hydrogen) atoms. The van der Waals surface area contributed by atoms with Crippen LogP contribution in [0.15, 0.2) is 0 Å². The van der Waals surface area contributed by atoms with Crippen molar-refractivity contribution in [3.05, 3.63) is 0 Å². The van der Waals surface area contributed by atoms with Crippen LogP contribution in [0.25, 0.3) is 0 Å². The van der Waals surface area contributed by atoms with Crippen LogP contribution in [0.2, 0.25) is 0 Å². The molecule has 1 heterocycles. The minimum atomic E-state index is -0.720. The van der Waals surface area contributed by atoms with E-state index in [0.29, 0.717) is 6.54 Å². The third-order valence-corrected chi connectivity index (χ3v) is 4.56. The zero-order valence-electron chi connectivity index (χ0n) is 11.4. The van der Waals surface area contributed by atoms with E-state index < -0.39 is 12.0 Å². The van der Waals surface area contributed by atoms with Gasteiger partial charge in [-0.25, -0.2) is 0 Å². The monoisotopic (exact) mass is 254 g/mol. The molecular formula is C14H26N2O2. The number of aliphatic carboxylic acids is 1. The molecule has 0 bridgehead atoms. The maximum atomic E-state index is 11.2. The number of fused-ring (bicyclic) bond motifs is 1. The van der Waals surface area contributed by atoms with Gasteiger partial charge in [0.25, 0.3) is 0 Å². The van der Waals surface area contributed by atoms with Crippen molar-refractivity contribution in [2.75, 3.05) is 26.2 Å². The van der Waals surface area contributed by atoms with E-state index in [9.17, 15) is 9.90 Å². The molecule has 3 unspecified atom stereocenters. The Labute approximate surface area is 110 Å². The van der Waals surface area contributed by atoms with Gasteiger partial charge in [0, 0.05) is 13.1 Å². The van der Waals surface area contributed by atoms with E-state index in [-0.39, 0.29) is 0 Å². The fourth-order valence-electron chi connectivity index (χ4n) is 3.58. The highest BCUT2D eigenvalue weighted by Crippen LogP contribution is 2.35. The second-order valence-corrected chi connectivity index (χ2v) is 5.80. The summed E-state index contributed by atoms with van der Waals surface area (Å²) >= 11 is 0. The van der Waals surface area contributed by atoms with Crippen molar-refractivity contribution in [1.82, 2.24) is 10.2 Å². The number of hydrogen-bond donors (Lipinski definition) is 2. The molecule has 3 atom stereocenters. The Balaban J connectivity index is 1.84. The molecule has 0 aromatic heterocycles. The topological polar surface area (TPSA) is 52.6 Å². The van der Waals surface area contributed by atoms with Gasteiger partial charge in [0.1, 0.15) is 6.04 Å². The van der Waals surface area contributed by atoms with Crippen LogP contribution in [0, 0.1) is 11.8 Å². The molecule has 0 aromatic carbocycles. The summed E-state index contributed by atoms with van der Waals surface area (Å²) in [6, 6.07) is -0.407. The average molecular weight is 254 g/mol. The lowest BCUT2D eigenvalue weighted by Crippen LogP contribution is -2.50. The minimum absolute atomic E-state index is 0.407. The van der Waals surface area contributed by atoms with Gasteiger partial charge in [-0.2, -0.15) is 0 Å². The van der Waals surface area contributed by atoms with Gasteiger partial charge in [0.2, 0.25) is 0 Å². The summed E-state index contributed by atoms with van der Waals surface area (Å²) in [4.78, 5) is 13.5. The van der Waals surface area contributed by atoms with Gasteiger partial charge < -0.3 is 15.3 Å². The summed E-state index contributed by atoms with van der Waals surface area (Å²) in [5, 5.41) is 12.2. The van der Waals surface area contributed by atoms with E-state index in [4.69, 9.17) is 0 Å². The molecule has 0 amide bonds. The number of piperidine rings is 1. The highest BCUT2D eigenvalue weighted by molar-refractivity contribution is 5.73. The molecule has 1 aliphatic carbocycles. The van der Waals surface area contributed by atoms with Gasteiger partial charge in [-0.1, -0.05) is 26.2 Å². The smallest absolute Gasteiger partial charge is 0.322 e. The van der Waals surface area contributed by atoms with Gasteiger partial charge in [0.15, 0.2) is 0 Å². The van der Waals surface area contributed by atoms with Crippen molar-refractivity contribution >= 4 is 5.97 Å². The molecule has 1 saturated heterocycles. The molecule has 0 aromatic rings. The van der Waals surface area contributed by atoms with Crippen LogP contribution in [-0.4, -0.2) is 48.2 Å². The van der Waals surface area contributed by atoms with Crippen LogP contribution in [0.3, 0.4) is 0 Å². The van der Waals surface area contributed by atoms with Crippen LogP contribution < -0.4 is 5.32 Å². The third-order valence-electron chi connectivity index (χ3n) is 4.56. The number of rotatable bonds is 5. The Kier molecular flexibility index (Phi) is 5.01. The number of carbonyl (C=O) groups is 1. The van der Waals surface area contributed by atoms with Crippen molar-refractivity contribution in [3.63, 3.8) is 0 Å². The molecule has 4 heteroatoms. The molecule has 1 aliphatic heterocycles. The molecule has 2 aliphatic rings. The Morgan fingerprint density at radius 2 is 2.06 bits per heavy atom. The number of carboxylic acids is 1. The molecule has 0 spiro atoms. The van der Waals surface area contributed by atoms with Gasteiger partial charge in [-0.15, -0.1) is 0 Å². The summed E-state index contributed by atoms with van der Waals surface area (Å²) in [6.07, 6.45) is 6.78. The zero-order chi connectivity index (χ0) is 13.0. The Hall–Kier alpha value is -0.610. The fourth-order valence-corrected chi connectivity index (χ4v) is 3.58. The Morgan fingerprint density at radius 1 is 1.33 bits per heavy atom. The quantitative estimate of drug-likeness (QED) is 0.782.